The molecule has 0 fully saturated rings. The minimum Gasteiger partial charge on any atom is -0.421 e. The molecular formula is C16H11ClFNO2. The third-order valence-electron chi connectivity index (χ3n) is 2.86. The summed E-state index contributed by atoms with van der Waals surface area (Å²) in [6.07, 6.45) is 1.63. The highest BCUT2D eigenvalue weighted by Crippen LogP contribution is 2.23. The number of pyridine rings is 1. The lowest BCUT2D eigenvalue weighted by atomic mass is 10.2. The van der Waals surface area contributed by atoms with Gasteiger partial charge in [0.2, 0.25) is 0 Å². The number of esters is 1. The molecule has 2 aromatic carbocycles. The van der Waals surface area contributed by atoms with Crippen LogP contribution >= 0.6 is 12.4 Å². The lowest BCUT2D eigenvalue weighted by Crippen LogP contribution is -2.09. The van der Waals surface area contributed by atoms with Gasteiger partial charge in [0, 0.05) is 11.6 Å². The molecule has 3 rings (SSSR count). The van der Waals surface area contributed by atoms with Crippen molar-refractivity contribution in [1.82, 2.24) is 4.98 Å². The summed E-state index contributed by atoms with van der Waals surface area (Å²) in [5.74, 6) is -0.726. The molecule has 3 nitrogen and oxygen atoms in total. The number of benzene rings is 2. The van der Waals surface area contributed by atoms with Gasteiger partial charge in [-0.1, -0.05) is 24.3 Å². The van der Waals surface area contributed by atoms with E-state index in [2.05, 4.69) is 4.98 Å². The van der Waals surface area contributed by atoms with Crippen LogP contribution in [0.3, 0.4) is 0 Å². The fraction of sp³-hybridized carbons (Fsp3) is 0. The van der Waals surface area contributed by atoms with Crippen LogP contribution in [0, 0.1) is 5.82 Å². The molecule has 0 atom stereocenters. The van der Waals surface area contributed by atoms with E-state index < -0.39 is 11.8 Å². The molecule has 0 aliphatic rings. The third-order valence-corrected chi connectivity index (χ3v) is 2.86. The van der Waals surface area contributed by atoms with Gasteiger partial charge in [0.05, 0.1) is 5.56 Å². The van der Waals surface area contributed by atoms with E-state index in [1.807, 2.05) is 12.1 Å². The number of carbonyl (C=O) groups excluding carboxylic acids is 1. The molecule has 21 heavy (non-hydrogen) atoms. The molecule has 0 aliphatic heterocycles. The molecule has 0 spiro atoms. The van der Waals surface area contributed by atoms with Crippen molar-refractivity contribution in [3.05, 3.63) is 72.2 Å². The smallest absolute Gasteiger partial charge is 0.343 e. The third kappa shape index (κ3) is 3.17. The van der Waals surface area contributed by atoms with E-state index in [0.717, 1.165) is 11.5 Å². The van der Waals surface area contributed by atoms with Crippen molar-refractivity contribution in [2.75, 3.05) is 0 Å². The van der Waals surface area contributed by atoms with Crippen molar-refractivity contribution >= 4 is 29.3 Å². The van der Waals surface area contributed by atoms with Gasteiger partial charge in [0.15, 0.2) is 5.75 Å². The molecule has 106 valence electrons. The van der Waals surface area contributed by atoms with Gasteiger partial charge in [-0.15, -0.1) is 12.4 Å². The van der Waals surface area contributed by atoms with Gasteiger partial charge in [-0.05, 0) is 30.3 Å². The van der Waals surface area contributed by atoms with Gasteiger partial charge in [-0.2, -0.15) is 0 Å². The summed E-state index contributed by atoms with van der Waals surface area (Å²) < 4.78 is 18.4. The molecule has 0 saturated carbocycles. The number of hydrogen-bond acceptors (Lipinski definition) is 3. The maximum absolute atomic E-state index is 13.1. The molecule has 0 aliphatic carbocycles. The summed E-state index contributed by atoms with van der Waals surface area (Å²) >= 11 is 0. The predicted octanol–water partition coefficient (Wildman–Crippen LogP) is 4.01. The molecule has 1 aromatic heterocycles. The summed E-state index contributed by atoms with van der Waals surface area (Å²) in [5, 5.41) is 0.872. The summed E-state index contributed by atoms with van der Waals surface area (Å²) in [6, 6.07) is 14.4. The van der Waals surface area contributed by atoms with Gasteiger partial charge in [0.25, 0.3) is 0 Å². The molecule has 3 aromatic rings. The lowest BCUT2D eigenvalue weighted by Gasteiger charge is -2.06. The summed E-state index contributed by atoms with van der Waals surface area (Å²) in [7, 11) is 0. The van der Waals surface area contributed by atoms with E-state index in [-0.39, 0.29) is 18.0 Å². The highest BCUT2D eigenvalue weighted by atomic mass is 35.5. The zero-order chi connectivity index (χ0) is 13.9. The minimum absolute atomic E-state index is 0. The zero-order valence-electron chi connectivity index (χ0n) is 10.8. The first kappa shape index (κ1) is 14.9. The Morgan fingerprint density at radius 3 is 2.62 bits per heavy atom. The molecule has 0 bridgehead atoms. The fourth-order valence-electron chi connectivity index (χ4n) is 1.93. The fourth-order valence-corrected chi connectivity index (χ4v) is 1.93. The zero-order valence-corrected chi connectivity index (χ0v) is 11.6. The largest absolute Gasteiger partial charge is 0.421 e. The second-order valence-corrected chi connectivity index (χ2v) is 4.23. The Labute approximate surface area is 126 Å². The first-order valence-corrected chi connectivity index (χ1v) is 6.05. The molecule has 1 heterocycles. The Morgan fingerprint density at radius 2 is 1.81 bits per heavy atom. The summed E-state index contributed by atoms with van der Waals surface area (Å²) in [6.45, 7) is 0. The van der Waals surface area contributed by atoms with Gasteiger partial charge in [-0.3, -0.25) is 4.98 Å². The number of aromatic nitrogens is 1. The van der Waals surface area contributed by atoms with Crippen LogP contribution in [0.1, 0.15) is 10.4 Å². The maximum Gasteiger partial charge on any atom is 0.343 e. The number of fused-ring (bicyclic) bond motifs is 1. The van der Waals surface area contributed by atoms with Gasteiger partial charge < -0.3 is 4.74 Å². The Kier molecular flexibility index (Phi) is 4.50. The standard InChI is InChI=1S/C16H10FNO2.ClH/c17-13-7-1-5-12(10-13)16(19)20-14-8-2-4-11-6-3-9-18-15(11)14;/h1-10H;1H. The topological polar surface area (TPSA) is 39.2 Å². The number of hydrogen-bond donors (Lipinski definition) is 0. The van der Waals surface area contributed by atoms with E-state index in [9.17, 15) is 9.18 Å². The van der Waals surface area contributed by atoms with E-state index in [1.54, 1.807) is 24.4 Å². The Bertz CT molecular complexity index is 787. The highest BCUT2D eigenvalue weighted by molar-refractivity contribution is 5.94. The van der Waals surface area contributed by atoms with E-state index in [4.69, 9.17) is 4.74 Å². The molecule has 0 unspecified atom stereocenters. The maximum atomic E-state index is 13.1. The normalized spacial score (nSPS) is 9.95. The molecule has 0 amide bonds. The monoisotopic (exact) mass is 303 g/mol. The predicted molar refractivity (Wildman–Crippen MR) is 80.3 cm³/mol. The molecule has 5 heteroatoms. The van der Waals surface area contributed by atoms with Crippen molar-refractivity contribution in [3.8, 4) is 5.75 Å². The Hall–Kier alpha value is -2.46. The highest BCUT2D eigenvalue weighted by Gasteiger charge is 2.11. The van der Waals surface area contributed by atoms with Crippen molar-refractivity contribution in [1.29, 1.82) is 0 Å². The number of halogens is 2. The van der Waals surface area contributed by atoms with Crippen LogP contribution in [0.2, 0.25) is 0 Å². The summed E-state index contributed by atoms with van der Waals surface area (Å²) in [5.41, 5.74) is 0.762. The van der Waals surface area contributed by atoms with Crippen LogP contribution < -0.4 is 4.74 Å². The van der Waals surface area contributed by atoms with Crippen LogP contribution in [0.25, 0.3) is 10.9 Å². The SMILES string of the molecule is Cl.O=C(Oc1cccc2cccnc12)c1cccc(F)c1. The van der Waals surface area contributed by atoms with Gasteiger partial charge in [-0.25, -0.2) is 9.18 Å². The number of rotatable bonds is 2. The van der Waals surface area contributed by atoms with E-state index in [0.29, 0.717) is 11.3 Å². The van der Waals surface area contributed by atoms with Crippen molar-refractivity contribution in [2.45, 2.75) is 0 Å². The molecule has 0 N–H and O–H groups in total. The number of para-hydroxylation sites is 1. The second kappa shape index (κ2) is 6.33. The average molecular weight is 304 g/mol. The molecule has 0 saturated heterocycles. The second-order valence-electron chi connectivity index (χ2n) is 4.23. The Morgan fingerprint density at radius 1 is 1.05 bits per heavy atom. The number of ether oxygens (including phenoxy) is 1. The average Bonchev–Trinajstić information content (AvgIpc) is 2.47. The number of nitrogens with zero attached hydrogens (tertiary/aromatic N) is 1. The quantitative estimate of drug-likeness (QED) is 0.530. The van der Waals surface area contributed by atoms with Crippen molar-refractivity contribution in [3.63, 3.8) is 0 Å². The van der Waals surface area contributed by atoms with Gasteiger partial charge >= 0.3 is 5.97 Å². The molecular weight excluding hydrogens is 293 g/mol. The summed E-state index contributed by atoms with van der Waals surface area (Å²) in [4.78, 5) is 16.2. The van der Waals surface area contributed by atoms with Gasteiger partial charge in [0.1, 0.15) is 11.3 Å². The van der Waals surface area contributed by atoms with Crippen LogP contribution in [0.5, 0.6) is 5.75 Å². The number of carbonyl (C=O) groups is 1. The van der Waals surface area contributed by atoms with Crippen LogP contribution in [0.15, 0.2) is 60.8 Å². The van der Waals surface area contributed by atoms with Crippen LogP contribution in [-0.4, -0.2) is 11.0 Å². The first-order chi connectivity index (χ1) is 9.74. The van der Waals surface area contributed by atoms with E-state index in [1.165, 1.54) is 18.2 Å². The Balaban J connectivity index is 0.00000161. The lowest BCUT2D eigenvalue weighted by molar-refractivity contribution is 0.0736. The minimum atomic E-state index is -0.609. The van der Waals surface area contributed by atoms with Crippen LogP contribution in [-0.2, 0) is 0 Å². The van der Waals surface area contributed by atoms with Crippen LogP contribution in [0.4, 0.5) is 4.39 Å². The van der Waals surface area contributed by atoms with E-state index >= 15 is 0 Å². The van der Waals surface area contributed by atoms with Crippen molar-refractivity contribution in [2.24, 2.45) is 0 Å². The van der Waals surface area contributed by atoms with Crippen molar-refractivity contribution < 1.29 is 13.9 Å². The first-order valence-electron chi connectivity index (χ1n) is 6.05. The molecule has 0 radical (unpaired) electrons.